The zero-order valence-corrected chi connectivity index (χ0v) is 14.1. The Hall–Kier alpha value is -1.76. The van der Waals surface area contributed by atoms with E-state index >= 15 is 0 Å². The molecule has 0 bridgehead atoms. The van der Waals surface area contributed by atoms with Crippen molar-refractivity contribution in [3.05, 3.63) is 63.7 Å². The first-order chi connectivity index (χ1) is 9.88. The summed E-state index contributed by atoms with van der Waals surface area (Å²) in [5.74, 6) is 1.52. The normalized spacial score (nSPS) is 11.0. The van der Waals surface area contributed by atoms with Crippen LogP contribution >= 0.6 is 0 Å². The van der Waals surface area contributed by atoms with Crippen LogP contribution in [0.25, 0.3) is 0 Å². The fraction of sp³-hybridized carbons (Fsp3) is 0.400. The lowest BCUT2D eigenvalue weighted by Gasteiger charge is -2.16. The van der Waals surface area contributed by atoms with Gasteiger partial charge in [0.1, 0.15) is 12.4 Å². The molecule has 0 amide bonds. The van der Waals surface area contributed by atoms with Crippen LogP contribution in [0.15, 0.2) is 30.3 Å². The monoisotopic (exact) mass is 282 g/mol. The second-order valence-corrected chi connectivity index (χ2v) is 6.35. The van der Waals surface area contributed by atoms with Crippen molar-refractivity contribution in [2.75, 3.05) is 0 Å². The van der Waals surface area contributed by atoms with E-state index in [1.807, 2.05) is 0 Å². The minimum absolute atomic E-state index is 0.524. The number of hydrogen-bond acceptors (Lipinski definition) is 1. The van der Waals surface area contributed by atoms with Gasteiger partial charge in [0.2, 0.25) is 0 Å². The molecule has 0 unspecified atom stereocenters. The molecule has 0 heterocycles. The third-order valence-electron chi connectivity index (χ3n) is 4.09. The summed E-state index contributed by atoms with van der Waals surface area (Å²) in [5.41, 5.74) is 7.76. The number of rotatable bonds is 4. The minimum atomic E-state index is 0.524. The Morgan fingerprint density at radius 3 is 2.05 bits per heavy atom. The van der Waals surface area contributed by atoms with Gasteiger partial charge in [-0.15, -0.1) is 0 Å². The number of ether oxygens (including phenoxy) is 1. The molecule has 0 saturated carbocycles. The van der Waals surface area contributed by atoms with Gasteiger partial charge >= 0.3 is 0 Å². The molecule has 0 aliphatic heterocycles. The van der Waals surface area contributed by atoms with Crippen LogP contribution < -0.4 is 4.74 Å². The van der Waals surface area contributed by atoms with Crippen molar-refractivity contribution in [3.8, 4) is 5.75 Å². The van der Waals surface area contributed by atoms with Crippen LogP contribution in [-0.4, -0.2) is 0 Å². The average molecular weight is 282 g/mol. The van der Waals surface area contributed by atoms with E-state index < -0.39 is 0 Å². The summed E-state index contributed by atoms with van der Waals surface area (Å²) in [7, 11) is 0. The summed E-state index contributed by atoms with van der Waals surface area (Å²) in [6.07, 6.45) is 0. The molecule has 1 heteroatoms. The minimum Gasteiger partial charge on any atom is -0.489 e. The molecular formula is C20H26O. The zero-order chi connectivity index (χ0) is 15.6. The number of benzene rings is 2. The van der Waals surface area contributed by atoms with Gasteiger partial charge in [-0.1, -0.05) is 43.7 Å². The maximum atomic E-state index is 6.12. The highest BCUT2D eigenvalue weighted by Crippen LogP contribution is 2.26. The van der Waals surface area contributed by atoms with E-state index in [0.29, 0.717) is 12.5 Å². The third-order valence-corrected chi connectivity index (χ3v) is 4.09. The molecule has 0 atom stereocenters. The molecule has 2 aromatic rings. The second-order valence-electron chi connectivity index (χ2n) is 6.35. The van der Waals surface area contributed by atoms with Crippen molar-refractivity contribution >= 4 is 0 Å². The van der Waals surface area contributed by atoms with Crippen LogP contribution in [0.2, 0.25) is 0 Å². The van der Waals surface area contributed by atoms with Crippen molar-refractivity contribution in [3.63, 3.8) is 0 Å². The van der Waals surface area contributed by atoms with Gasteiger partial charge in [0, 0.05) is 0 Å². The summed E-state index contributed by atoms with van der Waals surface area (Å²) in [6, 6.07) is 11.0. The predicted octanol–water partition coefficient (Wildman–Crippen LogP) is 5.62. The Kier molecular flexibility index (Phi) is 4.72. The molecule has 2 aromatic carbocycles. The first-order valence-corrected chi connectivity index (χ1v) is 7.68. The SMILES string of the molecule is Cc1cc(C)c(COc2cc(C(C)C)ccc2C)c(C)c1. The Labute approximate surface area is 129 Å². The van der Waals surface area contributed by atoms with Gasteiger partial charge in [0.25, 0.3) is 0 Å². The molecule has 1 nitrogen and oxygen atoms in total. The summed E-state index contributed by atoms with van der Waals surface area (Å²) in [6.45, 7) is 13.6. The van der Waals surface area contributed by atoms with E-state index in [9.17, 15) is 0 Å². The summed E-state index contributed by atoms with van der Waals surface area (Å²) < 4.78 is 6.12. The largest absolute Gasteiger partial charge is 0.489 e. The lowest BCUT2D eigenvalue weighted by Crippen LogP contribution is -2.03. The Morgan fingerprint density at radius 2 is 1.48 bits per heavy atom. The van der Waals surface area contributed by atoms with Crippen molar-refractivity contribution in [2.45, 2.75) is 54.1 Å². The molecule has 0 radical (unpaired) electrons. The molecule has 0 aromatic heterocycles. The summed E-state index contributed by atoms with van der Waals surface area (Å²) in [4.78, 5) is 0. The van der Waals surface area contributed by atoms with Gasteiger partial charge in [0.05, 0.1) is 0 Å². The smallest absolute Gasteiger partial charge is 0.123 e. The van der Waals surface area contributed by atoms with Crippen molar-refractivity contribution in [1.29, 1.82) is 0 Å². The van der Waals surface area contributed by atoms with E-state index in [4.69, 9.17) is 4.74 Å². The van der Waals surface area contributed by atoms with E-state index in [1.165, 1.54) is 33.4 Å². The first-order valence-electron chi connectivity index (χ1n) is 7.68. The van der Waals surface area contributed by atoms with E-state index in [1.54, 1.807) is 0 Å². The van der Waals surface area contributed by atoms with Crippen LogP contribution in [-0.2, 0) is 6.61 Å². The quantitative estimate of drug-likeness (QED) is 0.707. The maximum Gasteiger partial charge on any atom is 0.123 e. The highest BCUT2D eigenvalue weighted by atomic mass is 16.5. The third kappa shape index (κ3) is 3.66. The van der Waals surface area contributed by atoms with E-state index in [2.05, 4.69) is 71.9 Å². The van der Waals surface area contributed by atoms with Crippen molar-refractivity contribution < 1.29 is 4.74 Å². The molecular weight excluding hydrogens is 256 g/mol. The lowest BCUT2D eigenvalue weighted by atomic mass is 10.00. The van der Waals surface area contributed by atoms with E-state index in [0.717, 1.165) is 5.75 Å². The Morgan fingerprint density at radius 1 is 0.857 bits per heavy atom. The van der Waals surface area contributed by atoms with Gasteiger partial charge < -0.3 is 4.74 Å². The fourth-order valence-corrected chi connectivity index (χ4v) is 2.72. The average Bonchev–Trinajstić information content (AvgIpc) is 2.39. The van der Waals surface area contributed by atoms with Crippen LogP contribution in [0.3, 0.4) is 0 Å². The summed E-state index contributed by atoms with van der Waals surface area (Å²) in [5, 5.41) is 0. The predicted molar refractivity (Wildman–Crippen MR) is 90.3 cm³/mol. The second kappa shape index (κ2) is 6.34. The van der Waals surface area contributed by atoms with Gasteiger partial charge in [-0.05, 0) is 67.5 Å². The molecule has 0 spiro atoms. The number of hydrogen-bond donors (Lipinski definition) is 0. The fourth-order valence-electron chi connectivity index (χ4n) is 2.72. The molecule has 0 aliphatic carbocycles. The van der Waals surface area contributed by atoms with Gasteiger partial charge in [-0.25, -0.2) is 0 Å². The van der Waals surface area contributed by atoms with Gasteiger partial charge in [0.15, 0.2) is 0 Å². The maximum absolute atomic E-state index is 6.12. The first kappa shape index (κ1) is 15.6. The van der Waals surface area contributed by atoms with Gasteiger partial charge in [-0.3, -0.25) is 0 Å². The van der Waals surface area contributed by atoms with Crippen molar-refractivity contribution in [2.24, 2.45) is 0 Å². The highest BCUT2D eigenvalue weighted by molar-refractivity contribution is 5.40. The molecule has 0 fully saturated rings. The van der Waals surface area contributed by atoms with Crippen LogP contribution in [0, 0.1) is 27.7 Å². The lowest BCUT2D eigenvalue weighted by molar-refractivity contribution is 0.302. The highest BCUT2D eigenvalue weighted by Gasteiger charge is 2.08. The molecule has 0 N–H and O–H groups in total. The van der Waals surface area contributed by atoms with Crippen LogP contribution in [0.4, 0.5) is 0 Å². The zero-order valence-electron chi connectivity index (χ0n) is 14.1. The molecule has 112 valence electrons. The summed E-state index contributed by atoms with van der Waals surface area (Å²) >= 11 is 0. The standard InChI is InChI=1S/C20H26O/c1-13(2)18-8-7-15(4)20(11-18)21-12-19-16(5)9-14(3)10-17(19)6/h7-11,13H,12H2,1-6H3. The Bertz CT molecular complexity index is 615. The topological polar surface area (TPSA) is 9.23 Å². The van der Waals surface area contributed by atoms with Crippen molar-refractivity contribution in [1.82, 2.24) is 0 Å². The molecule has 2 rings (SSSR count). The van der Waals surface area contributed by atoms with Gasteiger partial charge in [-0.2, -0.15) is 0 Å². The van der Waals surface area contributed by atoms with Crippen LogP contribution in [0.1, 0.15) is 53.1 Å². The van der Waals surface area contributed by atoms with Crippen LogP contribution in [0.5, 0.6) is 5.75 Å². The molecule has 21 heavy (non-hydrogen) atoms. The molecule has 0 saturated heterocycles. The molecule has 0 aliphatic rings. The Balaban J connectivity index is 2.22. The number of aryl methyl sites for hydroxylation is 4. The van der Waals surface area contributed by atoms with E-state index in [-0.39, 0.29) is 0 Å².